The summed E-state index contributed by atoms with van der Waals surface area (Å²) in [5, 5.41) is 0. The average Bonchev–Trinajstić information content (AvgIpc) is 1.59. The van der Waals surface area contributed by atoms with E-state index in [0.29, 0.717) is 0 Å². The van der Waals surface area contributed by atoms with E-state index in [1.165, 1.54) is 18.8 Å². The van der Waals surface area contributed by atoms with Gasteiger partial charge in [-0.05, 0) is 0 Å². The largest absolute Gasteiger partial charge is 0.101 e. The second-order valence-corrected chi connectivity index (χ2v) is 9.29. The molecule has 0 aliphatic carbocycles. The molecule has 2 heteroatoms. The van der Waals surface area contributed by atoms with Gasteiger partial charge in [0.2, 0.25) is 0 Å². The molecule has 0 saturated heterocycles. The van der Waals surface area contributed by atoms with Gasteiger partial charge >= 0.3 is 0 Å². The van der Waals surface area contributed by atoms with Crippen LogP contribution < -0.4 is 0 Å². The molecule has 0 radical (unpaired) electrons. The van der Waals surface area contributed by atoms with E-state index >= 15 is 0 Å². The monoisotopic (exact) mass is 128 g/mol. The van der Waals surface area contributed by atoms with Gasteiger partial charge in [-0.1, -0.05) is 38.4 Å². The van der Waals surface area contributed by atoms with Crippen LogP contribution in [-0.4, -0.2) is 15.9 Å². The molecule has 0 rings (SSSR count). The Hall–Kier alpha value is 0.282. The fourth-order valence-corrected chi connectivity index (χ4v) is 2.12. The third-order valence-electron chi connectivity index (χ3n) is 1.28. The molecule has 0 aromatic rings. The Bertz CT molecular complexity index is 56.0. The van der Waals surface area contributed by atoms with Gasteiger partial charge in [-0.25, -0.2) is 0 Å². The van der Waals surface area contributed by atoms with Gasteiger partial charge in [0.05, 0.1) is 0 Å². The Labute approximate surface area is 55.1 Å². The van der Waals surface area contributed by atoms with E-state index in [9.17, 15) is 0 Å². The van der Waals surface area contributed by atoms with Crippen LogP contribution in [0.1, 0.15) is 6.42 Å². The first-order chi connectivity index (χ1) is 3.56. The molecule has 0 bridgehead atoms. The van der Waals surface area contributed by atoms with E-state index in [2.05, 4.69) is 27.5 Å². The molecular weight excluding hydrogens is 111 g/mol. The van der Waals surface area contributed by atoms with Crippen LogP contribution in [0.15, 0.2) is 0 Å². The van der Waals surface area contributed by atoms with Crippen LogP contribution in [0, 0.1) is 0 Å². The lowest BCUT2D eigenvalue weighted by atomic mass is 10.0. The molecule has 0 spiro atoms. The zero-order valence-electron chi connectivity index (χ0n) is 6.62. The van der Waals surface area contributed by atoms with Crippen LogP contribution in [0.5, 0.6) is 0 Å². The predicted octanol–water partition coefficient (Wildman–Crippen LogP) is 1.77. The van der Waals surface area contributed by atoms with Crippen LogP contribution in [0.3, 0.4) is 0 Å². The molecule has 0 aromatic heterocycles. The van der Waals surface area contributed by atoms with Crippen molar-refractivity contribution >= 4 is 15.9 Å². The molecule has 0 N–H and O–H groups in total. The summed E-state index contributed by atoms with van der Waals surface area (Å²) < 4.78 is 0. The van der Waals surface area contributed by atoms with Gasteiger partial charge in [-0.2, -0.15) is 0 Å². The van der Waals surface area contributed by atoms with Crippen molar-refractivity contribution in [2.75, 3.05) is 0 Å². The third kappa shape index (κ3) is 6.28. The minimum Gasteiger partial charge on any atom is -0.0813 e. The SMILES string of the molecule is BCCC[Si](C)(C)C. The summed E-state index contributed by atoms with van der Waals surface area (Å²) in [4.78, 5) is 0. The molecule has 0 aromatic carbocycles. The second-order valence-electron chi connectivity index (χ2n) is 3.66. The van der Waals surface area contributed by atoms with Crippen LogP contribution in [0.2, 0.25) is 32.0 Å². The first kappa shape index (κ1) is 8.28. The highest BCUT2D eigenvalue weighted by Gasteiger charge is 2.10. The maximum atomic E-state index is 2.43. The van der Waals surface area contributed by atoms with Crippen molar-refractivity contribution in [1.82, 2.24) is 0 Å². The lowest BCUT2D eigenvalue weighted by Crippen LogP contribution is -2.18. The highest BCUT2D eigenvalue weighted by Crippen LogP contribution is 2.11. The molecule has 48 valence electrons. The summed E-state index contributed by atoms with van der Waals surface area (Å²) in [6.45, 7) is 7.30. The summed E-state index contributed by atoms with van der Waals surface area (Å²) >= 11 is 0. The minimum atomic E-state index is -0.678. The lowest BCUT2D eigenvalue weighted by Gasteiger charge is -2.13. The Morgan fingerprint density at radius 2 is 1.75 bits per heavy atom. The zero-order chi connectivity index (χ0) is 6.62. The van der Waals surface area contributed by atoms with Gasteiger partial charge in [0.15, 0.2) is 0 Å². The summed E-state index contributed by atoms with van der Waals surface area (Å²) in [7, 11) is 1.59. The molecular formula is C6H17BSi. The van der Waals surface area contributed by atoms with Gasteiger partial charge in [0.1, 0.15) is 7.85 Å². The van der Waals surface area contributed by atoms with Crippen molar-refractivity contribution < 1.29 is 0 Å². The van der Waals surface area contributed by atoms with Crippen LogP contribution in [0.4, 0.5) is 0 Å². The van der Waals surface area contributed by atoms with E-state index < -0.39 is 8.07 Å². The standard InChI is InChI=1S/C6H17BSi/c1-8(2,3)6-4-5-7/h4-7H2,1-3H3. The van der Waals surface area contributed by atoms with Crippen molar-refractivity contribution in [1.29, 1.82) is 0 Å². The molecule has 0 aliphatic rings. The summed E-state index contributed by atoms with van der Waals surface area (Å²) in [6.07, 6.45) is 2.81. The highest BCUT2D eigenvalue weighted by atomic mass is 28.3. The first-order valence-corrected chi connectivity index (χ1v) is 7.27. The van der Waals surface area contributed by atoms with Gasteiger partial charge in [-0.15, -0.1) is 0 Å². The summed E-state index contributed by atoms with van der Waals surface area (Å²) in [5.74, 6) is 0. The van der Waals surface area contributed by atoms with Gasteiger partial charge in [0.25, 0.3) is 0 Å². The number of hydrogen-bond donors (Lipinski definition) is 0. The van der Waals surface area contributed by atoms with Crippen LogP contribution in [0.25, 0.3) is 0 Å². The zero-order valence-corrected chi connectivity index (χ0v) is 7.62. The van der Waals surface area contributed by atoms with E-state index in [0.717, 1.165) is 0 Å². The van der Waals surface area contributed by atoms with Crippen molar-refractivity contribution in [2.24, 2.45) is 0 Å². The molecule has 0 amide bonds. The Morgan fingerprint density at radius 3 is 1.88 bits per heavy atom. The normalized spacial score (nSPS) is 11.9. The molecule has 0 unspecified atom stereocenters. The highest BCUT2D eigenvalue weighted by molar-refractivity contribution is 6.76. The predicted molar refractivity (Wildman–Crippen MR) is 46.1 cm³/mol. The topological polar surface area (TPSA) is 0 Å². The van der Waals surface area contributed by atoms with Crippen molar-refractivity contribution in [3.8, 4) is 0 Å². The van der Waals surface area contributed by atoms with E-state index in [1.807, 2.05) is 0 Å². The first-order valence-electron chi connectivity index (χ1n) is 3.56. The number of rotatable bonds is 3. The number of hydrogen-bond acceptors (Lipinski definition) is 0. The van der Waals surface area contributed by atoms with E-state index in [4.69, 9.17) is 0 Å². The van der Waals surface area contributed by atoms with Gasteiger partial charge in [-0.3, -0.25) is 0 Å². The maximum Gasteiger partial charge on any atom is 0.101 e. The summed E-state index contributed by atoms with van der Waals surface area (Å²) in [6, 6.07) is 1.50. The molecule has 0 fully saturated rings. The van der Waals surface area contributed by atoms with Crippen molar-refractivity contribution in [3.63, 3.8) is 0 Å². The quantitative estimate of drug-likeness (QED) is 0.508. The minimum absolute atomic E-state index is 0.678. The molecule has 0 nitrogen and oxygen atoms in total. The van der Waals surface area contributed by atoms with E-state index in [1.54, 1.807) is 0 Å². The second kappa shape index (κ2) is 3.34. The molecule has 0 atom stereocenters. The van der Waals surface area contributed by atoms with Gasteiger partial charge < -0.3 is 0 Å². The molecule has 0 saturated carbocycles. The molecule has 0 heterocycles. The summed E-state index contributed by atoms with van der Waals surface area (Å²) in [5.41, 5.74) is 0. The lowest BCUT2D eigenvalue weighted by molar-refractivity contribution is 1.04. The molecule has 0 aliphatic heterocycles. The molecule has 8 heavy (non-hydrogen) atoms. The van der Waals surface area contributed by atoms with E-state index in [-0.39, 0.29) is 0 Å². The van der Waals surface area contributed by atoms with Gasteiger partial charge in [0, 0.05) is 8.07 Å². The fraction of sp³-hybridized carbons (Fsp3) is 1.00. The fourth-order valence-electron chi connectivity index (χ4n) is 0.707. The Morgan fingerprint density at radius 1 is 1.25 bits per heavy atom. The van der Waals surface area contributed by atoms with Crippen LogP contribution >= 0.6 is 0 Å². The van der Waals surface area contributed by atoms with Crippen molar-refractivity contribution in [2.45, 2.75) is 38.4 Å². The third-order valence-corrected chi connectivity index (χ3v) is 3.13. The smallest absolute Gasteiger partial charge is 0.0813 e. The van der Waals surface area contributed by atoms with Crippen LogP contribution in [-0.2, 0) is 0 Å². The Balaban J connectivity index is 3.11. The van der Waals surface area contributed by atoms with Crippen molar-refractivity contribution in [3.05, 3.63) is 0 Å². The average molecular weight is 128 g/mol. The Kier molecular flexibility index (Phi) is 3.45. The maximum absolute atomic E-state index is 2.43.